The van der Waals surface area contributed by atoms with Crippen molar-refractivity contribution in [1.82, 2.24) is 20.4 Å². The minimum Gasteiger partial charge on any atom is -0.357 e. The Morgan fingerprint density at radius 2 is 1.83 bits per heavy atom. The number of guanidine groups is 1. The maximum atomic E-state index is 4.80. The second kappa shape index (κ2) is 12.3. The summed E-state index contributed by atoms with van der Waals surface area (Å²) >= 11 is 0. The van der Waals surface area contributed by atoms with Gasteiger partial charge in [0.15, 0.2) is 5.96 Å². The van der Waals surface area contributed by atoms with Crippen LogP contribution in [0.25, 0.3) is 0 Å². The number of rotatable bonds is 7. The summed E-state index contributed by atoms with van der Waals surface area (Å²) in [7, 11) is 2.22. The van der Waals surface area contributed by atoms with Crippen LogP contribution in [0.2, 0.25) is 0 Å². The zero-order valence-corrected chi connectivity index (χ0v) is 18.2. The van der Waals surface area contributed by atoms with E-state index in [-0.39, 0.29) is 24.0 Å². The Balaban J connectivity index is 0.00000288. The number of piperidine rings is 1. The molecule has 2 fully saturated rings. The van der Waals surface area contributed by atoms with Gasteiger partial charge in [-0.05, 0) is 59.2 Å². The van der Waals surface area contributed by atoms with Crippen molar-refractivity contribution < 1.29 is 0 Å². The molecule has 0 radical (unpaired) electrons. The van der Waals surface area contributed by atoms with Gasteiger partial charge < -0.3 is 15.5 Å². The van der Waals surface area contributed by atoms with Crippen LogP contribution in [0.3, 0.4) is 0 Å². The first-order chi connectivity index (χ1) is 11.2. The molecule has 2 aliphatic heterocycles. The summed E-state index contributed by atoms with van der Waals surface area (Å²) in [6.07, 6.45) is 8.01. The van der Waals surface area contributed by atoms with Crippen LogP contribution in [0.4, 0.5) is 0 Å². The summed E-state index contributed by atoms with van der Waals surface area (Å²) in [5.74, 6) is 0.984. The van der Waals surface area contributed by atoms with Gasteiger partial charge in [-0.15, -0.1) is 24.0 Å². The number of aliphatic imine (C=N–C) groups is 1. The number of hydrogen-bond acceptors (Lipinski definition) is 3. The van der Waals surface area contributed by atoms with Crippen LogP contribution in [-0.2, 0) is 0 Å². The van der Waals surface area contributed by atoms with E-state index in [1.165, 1.54) is 51.6 Å². The molecule has 2 unspecified atom stereocenters. The molecule has 2 rings (SSSR count). The first-order valence-electron chi connectivity index (χ1n) is 9.71. The SMILES string of the molecule is CCNC(=NCC1CCCN1C)NCCN1CCCCC1CC.I. The molecule has 2 N–H and O–H groups in total. The van der Waals surface area contributed by atoms with Crippen molar-refractivity contribution >= 4 is 29.9 Å². The Hall–Kier alpha value is -0.0800. The van der Waals surface area contributed by atoms with Gasteiger partial charge in [-0.25, -0.2) is 0 Å². The van der Waals surface area contributed by atoms with Gasteiger partial charge in [0.05, 0.1) is 6.54 Å². The van der Waals surface area contributed by atoms with Crippen molar-refractivity contribution in [3.63, 3.8) is 0 Å². The van der Waals surface area contributed by atoms with Gasteiger partial charge in [-0.3, -0.25) is 9.89 Å². The number of likely N-dealkylation sites (N-methyl/N-ethyl adjacent to an activating group) is 1. The van der Waals surface area contributed by atoms with Gasteiger partial charge in [0.2, 0.25) is 0 Å². The molecular weight excluding hydrogens is 413 g/mol. The van der Waals surface area contributed by atoms with E-state index < -0.39 is 0 Å². The lowest BCUT2D eigenvalue weighted by molar-refractivity contribution is 0.147. The molecule has 0 aromatic carbocycles. The summed E-state index contributed by atoms with van der Waals surface area (Å²) in [6.45, 7) is 10.9. The molecule has 0 bridgehead atoms. The molecule has 2 saturated heterocycles. The normalized spacial score (nSPS) is 26.2. The molecule has 0 spiro atoms. The van der Waals surface area contributed by atoms with E-state index in [1.54, 1.807) is 0 Å². The van der Waals surface area contributed by atoms with Crippen molar-refractivity contribution in [2.45, 2.75) is 64.5 Å². The van der Waals surface area contributed by atoms with E-state index in [1.807, 2.05) is 0 Å². The smallest absolute Gasteiger partial charge is 0.191 e. The van der Waals surface area contributed by atoms with Gasteiger partial charge >= 0.3 is 0 Å². The summed E-state index contributed by atoms with van der Waals surface area (Å²) in [5.41, 5.74) is 0. The Labute approximate surface area is 166 Å². The number of likely N-dealkylation sites (tertiary alicyclic amines) is 2. The monoisotopic (exact) mass is 451 g/mol. The molecule has 2 heterocycles. The Bertz CT molecular complexity index is 363. The van der Waals surface area contributed by atoms with Gasteiger partial charge in [0.1, 0.15) is 0 Å². The summed E-state index contributed by atoms with van der Waals surface area (Å²) in [6, 6.07) is 1.41. The maximum Gasteiger partial charge on any atom is 0.191 e. The van der Waals surface area contributed by atoms with Crippen molar-refractivity contribution in [2.24, 2.45) is 4.99 Å². The molecule has 0 amide bonds. The average molecular weight is 451 g/mol. The average Bonchev–Trinajstić information content (AvgIpc) is 2.98. The number of nitrogens with one attached hydrogen (secondary N) is 2. The number of nitrogens with zero attached hydrogens (tertiary/aromatic N) is 3. The van der Waals surface area contributed by atoms with E-state index >= 15 is 0 Å². The molecule has 2 aliphatic rings. The third-order valence-corrected chi connectivity index (χ3v) is 5.39. The van der Waals surface area contributed by atoms with Crippen LogP contribution < -0.4 is 10.6 Å². The summed E-state index contributed by atoms with van der Waals surface area (Å²) < 4.78 is 0. The minimum atomic E-state index is 0. The Morgan fingerprint density at radius 3 is 2.50 bits per heavy atom. The van der Waals surface area contributed by atoms with E-state index in [0.29, 0.717) is 6.04 Å². The van der Waals surface area contributed by atoms with Gasteiger partial charge in [-0.2, -0.15) is 0 Å². The number of hydrogen-bond donors (Lipinski definition) is 2. The molecule has 0 aromatic rings. The largest absolute Gasteiger partial charge is 0.357 e. The van der Waals surface area contributed by atoms with Crippen LogP contribution in [0.5, 0.6) is 0 Å². The number of halogens is 1. The Kier molecular flexibility index (Phi) is 11.3. The quantitative estimate of drug-likeness (QED) is 0.355. The second-order valence-electron chi connectivity index (χ2n) is 7.02. The van der Waals surface area contributed by atoms with Crippen LogP contribution in [0, 0.1) is 0 Å². The fourth-order valence-corrected chi connectivity index (χ4v) is 3.88. The lowest BCUT2D eigenvalue weighted by Gasteiger charge is -2.35. The third kappa shape index (κ3) is 7.04. The first-order valence-corrected chi connectivity index (χ1v) is 9.71. The standard InChI is InChI=1S/C18H37N5.HI/c1-4-16-9-6-7-13-23(16)14-11-20-18(19-5-2)21-15-17-10-8-12-22(17)3;/h16-17H,4-15H2,1-3H3,(H2,19,20,21);1H. The molecule has 6 heteroatoms. The van der Waals surface area contributed by atoms with E-state index in [4.69, 9.17) is 4.99 Å². The van der Waals surface area contributed by atoms with Gasteiger partial charge in [0.25, 0.3) is 0 Å². The molecule has 24 heavy (non-hydrogen) atoms. The van der Waals surface area contributed by atoms with Crippen LogP contribution >= 0.6 is 24.0 Å². The highest BCUT2D eigenvalue weighted by molar-refractivity contribution is 14.0. The molecule has 0 aliphatic carbocycles. The van der Waals surface area contributed by atoms with Crippen LogP contribution in [0.15, 0.2) is 4.99 Å². The lowest BCUT2D eigenvalue weighted by Crippen LogP contribution is -2.46. The van der Waals surface area contributed by atoms with Crippen molar-refractivity contribution in [2.75, 3.05) is 46.3 Å². The molecule has 5 nitrogen and oxygen atoms in total. The minimum absolute atomic E-state index is 0. The van der Waals surface area contributed by atoms with Gasteiger partial charge in [0, 0.05) is 31.7 Å². The van der Waals surface area contributed by atoms with Crippen LogP contribution in [0.1, 0.15) is 52.4 Å². The molecular formula is C18H38IN5. The first kappa shape index (κ1) is 22.0. The fourth-order valence-electron chi connectivity index (χ4n) is 3.88. The zero-order valence-electron chi connectivity index (χ0n) is 15.9. The predicted octanol–water partition coefficient (Wildman–Crippen LogP) is 2.52. The molecule has 142 valence electrons. The predicted molar refractivity (Wildman–Crippen MR) is 115 cm³/mol. The third-order valence-electron chi connectivity index (χ3n) is 5.39. The van der Waals surface area contributed by atoms with E-state index in [0.717, 1.165) is 38.2 Å². The highest BCUT2D eigenvalue weighted by Crippen LogP contribution is 2.18. The molecule has 0 saturated carbocycles. The highest BCUT2D eigenvalue weighted by Gasteiger charge is 2.21. The Morgan fingerprint density at radius 1 is 1.04 bits per heavy atom. The maximum absolute atomic E-state index is 4.80. The van der Waals surface area contributed by atoms with E-state index in [2.05, 4.69) is 41.3 Å². The topological polar surface area (TPSA) is 42.9 Å². The fraction of sp³-hybridized carbons (Fsp3) is 0.944. The van der Waals surface area contributed by atoms with Crippen molar-refractivity contribution in [3.8, 4) is 0 Å². The summed E-state index contributed by atoms with van der Waals surface area (Å²) in [5, 5.41) is 6.92. The van der Waals surface area contributed by atoms with Crippen molar-refractivity contribution in [1.29, 1.82) is 0 Å². The molecule has 0 aromatic heterocycles. The second-order valence-corrected chi connectivity index (χ2v) is 7.02. The van der Waals surface area contributed by atoms with Crippen molar-refractivity contribution in [3.05, 3.63) is 0 Å². The highest BCUT2D eigenvalue weighted by atomic mass is 127. The van der Waals surface area contributed by atoms with E-state index in [9.17, 15) is 0 Å². The zero-order chi connectivity index (χ0) is 16.5. The lowest BCUT2D eigenvalue weighted by atomic mass is 10.0. The van der Waals surface area contributed by atoms with Gasteiger partial charge in [-0.1, -0.05) is 13.3 Å². The molecule has 2 atom stereocenters. The summed E-state index contributed by atoms with van der Waals surface area (Å²) in [4.78, 5) is 9.90. The van der Waals surface area contributed by atoms with Crippen LogP contribution in [-0.4, -0.2) is 74.2 Å².